The Morgan fingerprint density at radius 3 is 2.52 bits per heavy atom. The van der Waals surface area contributed by atoms with Crippen molar-refractivity contribution in [3.63, 3.8) is 0 Å². The van der Waals surface area contributed by atoms with Gasteiger partial charge < -0.3 is 19.7 Å². The Kier molecular flexibility index (Phi) is 7.17. The molecule has 1 N–H and O–H groups in total. The summed E-state index contributed by atoms with van der Waals surface area (Å²) in [5.74, 6) is 1.20. The second-order valence-corrected chi connectivity index (χ2v) is 8.76. The topological polar surface area (TPSA) is 67.9 Å². The van der Waals surface area contributed by atoms with E-state index in [-0.39, 0.29) is 23.5 Å². The molecule has 1 aromatic carbocycles. The van der Waals surface area contributed by atoms with E-state index in [4.69, 9.17) is 9.47 Å². The Balaban J connectivity index is 1.40. The Morgan fingerprint density at radius 2 is 1.86 bits per heavy atom. The lowest BCUT2D eigenvalue weighted by molar-refractivity contribution is -0.139. The maximum Gasteiger partial charge on any atom is 0.260 e. The van der Waals surface area contributed by atoms with Crippen LogP contribution in [-0.4, -0.2) is 54.2 Å². The average Bonchev–Trinajstić information content (AvgIpc) is 3.09. The molecule has 2 amide bonds. The largest absolute Gasteiger partial charge is 0.481 e. The molecule has 2 saturated heterocycles. The number of carbonyl (C=O) groups excluding carboxylic acids is 2. The van der Waals surface area contributed by atoms with Crippen LogP contribution in [0.1, 0.15) is 52.9 Å². The minimum atomic E-state index is -0.553. The van der Waals surface area contributed by atoms with Crippen LogP contribution in [-0.2, 0) is 14.3 Å². The quantitative estimate of drug-likeness (QED) is 0.761. The predicted molar refractivity (Wildman–Crippen MR) is 112 cm³/mol. The molecule has 2 unspecified atom stereocenters. The number of hydrogen-bond acceptors (Lipinski definition) is 4. The van der Waals surface area contributed by atoms with Crippen molar-refractivity contribution in [2.45, 2.75) is 70.7 Å². The van der Waals surface area contributed by atoms with Gasteiger partial charge in [-0.3, -0.25) is 9.59 Å². The van der Waals surface area contributed by atoms with E-state index in [1.807, 2.05) is 35.2 Å². The van der Waals surface area contributed by atoms with Gasteiger partial charge in [-0.15, -0.1) is 0 Å². The maximum absolute atomic E-state index is 12.3. The molecule has 6 nitrogen and oxygen atoms in total. The van der Waals surface area contributed by atoms with E-state index in [0.717, 1.165) is 38.8 Å². The number of nitrogens with zero attached hydrogens (tertiary/aromatic N) is 1. The normalized spacial score (nSPS) is 21.9. The molecule has 0 radical (unpaired) electrons. The number of carbonyl (C=O) groups is 2. The zero-order chi connectivity index (χ0) is 20.9. The maximum atomic E-state index is 12.3. The number of benzene rings is 1. The zero-order valence-electron chi connectivity index (χ0n) is 17.9. The molecule has 2 heterocycles. The van der Waals surface area contributed by atoms with Crippen LogP contribution in [0.25, 0.3) is 0 Å². The lowest BCUT2D eigenvalue weighted by atomic mass is 9.88. The first-order chi connectivity index (χ1) is 13.9. The molecule has 0 saturated carbocycles. The number of piperidine rings is 1. The smallest absolute Gasteiger partial charge is 0.260 e. The summed E-state index contributed by atoms with van der Waals surface area (Å²) in [6.07, 6.45) is 3.79. The second kappa shape index (κ2) is 9.61. The molecule has 0 aromatic heterocycles. The second-order valence-electron chi connectivity index (χ2n) is 8.76. The van der Waals surface area contributed by atoms with Gasteiger partial charge in [0.2, 0.25) is 5.91 Å². The molecule has 2 atom stereocenters. The Bertz CT molecular complexity index is 683. The van der Waals surface area contributed by atoms with E-state index in [2.05, 4.69) is 19.2 Å². The highest BCUT2D eigenvalue weighted by molar-refractivity contribution is 5.80. The molecule has 2 fully saturated rings. The van der Waals surface area contributed by atoms with Crippen molar-refractivity contribution < 1.29 is 19.1 Å². The summed E-state index contributed by atoms with van der Waals surface area (Å²) in [6, 6.07) is 9.36. The van der Waals surface area contributed by atoms with Crippen molar-refractivity contribution in [1.82, 2.24) is 10.2 Å². The molecule has 1 spiro atoms. The number of amides is 2. The van der Waals surface area contributed by atoms with Crippen LogP contribution in [0.5, 0.6) is 5.75 Å². The van der Waals surface area contributed by atoms with Crippen molar-refractivity contribution in [2.24, 2.45) is 5.92 Å². The summed E-state index contributed by atoms with van der Waals surface area (Å²) in [5, 5.41) is 2.96. The third kappa shape index (κ3) is 5.95. The van der Waals surface area contributed by atoms with Crippen molar-refractivity contribution >= 4 is 11.8 Å². The summed E-state index contributed by atoms with van der Waals surface area (Å²) in [7, 11) is 0. The lowest BCUT2D eigenvalue weighted by Crippen LogP contribution is -2.47. The van der Waals surface area contributed by atoms with Crippen LogP contribution in [0.2, 0.25) is 0 Å². The van der Waals surface area contributed by atoms with E-state index < -0.39 is 6.10 Å². The summed E-state index contributed by atoms with van der Waals surface area (Å²) in [6.45, 7) is 7.95. The van der Waals surface area contributed by atoms with Gasteiger partial charge in [0, 0.05) is 26.1 Å². The number of likely N-dealkylation sites (tertiary alicyclic amines) is 1. The summed E-state index contributed by atoms with van der Waals surface area (Å²) < 4.78 is 12.0. The SMILES string of the molecule is CC(C)CC(=O)N1CCC2(CCC(CNC(=O)C(C)Oc3ccccc3)O2)CC1. The lowest BCUT2D eigenvalue weighted by Gasteiger charge is -2.39. The summed E-state index contributed by atoms with van der Waals surface area (Å²) in [5.41, 5.74) is -0.129. The van der Waals surface area contributed by atoms with E-state index in [1.165, 1.54) is 0 Å². The van der Waals surface area contributed by atoms with E-state index >= 15 is 0 Å². The molecular formula is C23H34N2O4. The molecule has 2 aliphatic rings. The van der Waals surface area contributed by atoms with Gasteiger partial charge in [-0.1, -0.05) is 32.0 Å². The van der Waals surface area contributed by atoms with Gasteiger partial charge >= 0.3 is 0 Å². The third-order valence-corrected chi connectivity index (χ3v) is 5.88. The molecule has 3 rings (SSSR count). The van der Waals surface area contributed by atoms with Gasteiger partial charge in [-0.25, -0.2) is 0 Å². The van der Waals surface area contributed by atoms with Crippen LogP contribution < -0.4 is 10.1 Å². The Morgan fingerprint density at radius 1 is 1.17 bits per heavy atom. The highest BCUT2D eigenvalue weighted by Gasteiger charge is 2.43. The minimum Gasteiger partial charge on any atom is -0.481 e. The molecular weight excluding hydrogens is 368 g/mol. The van der Waals surface area contributed by atoms with Crippen LogP contribution in [0, 0.1) is 5.92 Å². The average molecular weight is 403 g/mol. The predicted octanol–water partition coefficient (Wildman–Crippen LogP) is 3.16. The summed E-state index contributed by atoms with van der Waals surface area (Å²) >= 11 is 0. The van der Waals surface area contributed by atoms with Gasteiger partial charge in [0.1, 0.15) is 5.75 Å². The van der Waals surface area contributed by atoms with Gasteiger partial charge in [0.05, 0.1) is 11.7 Å². The Labute approximate surface area is 173 Å². The fourth-order valence-electron chi connectivity index (χ4n) is 4.16. The van der Waals surface area contributed by atoms with Crippen LogP contribution in [0.3, 0.4) is 0 Å². The zero-order valence-corrected chi connectivity index (χ0v) is 17.9. The van der Waals surface area contributed by atoms with Gasteiger partial charge in [0.25, 0.3) is 5.91 Å². The van der Waals surface area contributed by atoms with E-state index in [9.17, 15) is 9.59 Å². The summed E-state index contributed by atoms with van der Waals surface area (Å²) in [4.78, 5) is 26.6. The molecule has 0 bridgehead atoms. The van der Waals surface area contributed by atoms with Crippen molar-refractivity contribution in [3.8, 4) is 5.75 Å². The van der Waals surface area contributed by atoms with Gasteiger partial charge in [-0.2, -0.15) is 0 Å². The number of hydrogen-bond donors (Lipinski definition) is 1. The first-order valence-electron chi connectivity index (χ1n) is 10.8. The molecule has 0 aliphatic carbocycles. The monoisotopic (exact) mass is 402 g/mol. The number of rotatable bonds is 7. The fraction of sp³-hybridized carbons (Fsp3) is 0.652. The van der Waals surface area contributed by atoms with Gasteiger partial charge in [-0.05, 0) is 50.7 Å². The molecule has 1 aromatic rings. The highest BCUT2D eigenvalue weighted by atomic mass is 16.5. The molecule has 29 heavy (non-hydrogen) atoms. The van der Waals surface area contributed by atoms with Crippen molar-refractivity contribution in [3.05, 3.63) is 30.3 Å². The third-order valence-electron chi connectivity index (χ3n) is 5.88. The van der Waals surface area contributed by atoms with Crippen LogP contribution >= 0.6 is 0 Å². The van der Waals surface area contributed by atoms with Gasteiger partial charge in [0.15, 0.2) is 6.10 Å². The van der Waals surface area contributed by atoms with Crippen molar-refractivity contribution in [1.29, 1.82) is 0 Å². The van der Waals surface area contributed by atoms with E-state index in [1.54, 1.807) is 6.92 Å². The van der Waals surface area contributed by atoms with Crippen LogP contribution in [0.15, 0.2) is 30.3 Å². The fourth-order valence-corrected chi connectivity index (χ4v) is 4.16. The van der Waals surface area contributed by atoms with Crippen molar-refractivity contribution in [2.75, 3.05) is 19.6 Å². The van der Waals surface area contributed by atoms with Crippen LogP contribution in [0.4, 0.5) is 0 Å². The number of para-hydroxylation sites is 1. The number of ether oxygens (including phenoxy) is 2. The standard InChI is InChI=1S/C23H34N2O4/c1-17(2)15-21(26)25-13-11-23(12-14-25)10-9-20(29-23)16-24-22(27)18(3)28-19-7-5-4-6-8-19/h4-8,17-18,20H,9-16H2,1-3H3,(H,24,27). The molecule has 160 valence electrons. The first-order valence-corrected chi connectivity index (χ1v) is 10.8. The van der Waals surface area contributed by atoms with E-state index in [0.29, 0.717) is 24.6 Å². The number of nitrogens with one attached hydrogen (secondary N) is 1. The Hall–Kier alpha value is -2.08. The first kappa shape index (κ1) is 21.6. The minimum absolute atomic E-state index is 0.0285. The molecule has 6 heteroatoms. The highest BCUT2D eigenvalue weighted by Crippen LogP contribution is 2.38. The molecule has 2 aliphatic heterocycles.